The van der Waals surface area contributed by atoms with Crippen molar-refractivity contribution in [2.45, 2.75) is 324 Å². The van der Waals surface area contributed by atoms with Gasteiger partial charge in [-0.25, -0.2) is 0 Å². The standard InChI is InChI=1S/C30H50O5.C27H44O2.C27H44O/c1-20(9-6-15-29(3,4)34)24-13-14-25-22(10-7-16-30(24,25)5)11-12-23-19-26(32)28(27(33)21(23)2)35-18-8-17-31;1-18(2)8-6-9-19(3)24-13-14-25-21(10-7-15-27(24,25)5)11-12-22-16-23(28)17-26(29)20(22)4;1-19(2)8-6-9-21(4)25-15-16-26-22(10-7-17-27(25,26)5)12-13-23-18-24(28)14-11-20(23)3/h11-12,20,24-28,31-34H,2,6-10,13-19H2,1,3-5H3;11-12,18-19,23-26,28-29H,4,6-10,13-17H2,1-3,5H3;12-13,19,21,24-26,28H,3,6-11,14-18H2,1-2,4-5H3/b22-11+,23-12-;21-11+,22-12-;22-12+,23-13-/t20-,24-,25?,26-,27-,28-,30-;19-,23-,24-,25?,26+,27-;21-,24+,25-,26?,27-/m111/s1. The number of hydrogen-bond donors (Lipinski definition) is 7. The van der Waals surface area contributed by atoms with Gasteiger partial charge in [-0.1, -0.05) is 199 Å². The summed E-state index contributed by atoms with van der Waals surface area (Å²) in [5.41, 5.74) is 11.4. The van der Waals surface area contributed by atoms with E-state index < -0.39 is 36.1 Å². The van der Waals surface area contributed by atoms with Gasteiger partial charge in [0.05, 0.1) is 30.0 Å². The smallest absolute Gasteiger partial charge is 0.114 e. The van der Waals surface area contributed by atoms with Gasteiger partial charge in [-0.15, -0.1) is 0 Å². The van der Waals surface area contributed by atoms with E-state index in [1.54, 1.807) is 11.1 Å². The van der Waals surface area contributed by atoms with Gasteiger partial charge in [-0.2, -0.15) is 0 Å². The topological polar surface area (TPSA) is 151 Å². The molecule has 3 unspecified atom stereocenters. The molecule has 522 valence electrons. The van der Waals surface area contributed by atoms with Gasteiger partial charge in [0, 0.05) is 26.1 Å². The molecular weight excluding hydrogens is 1140 g/mol. The molecule has 0 aromatic rings. The van der Waals surface area contributed by atoms with E-state index in [4.69, 9.17) is 9.84 Å². The van der Waals surface area contributed by atoms with Crippen molar-refractivity contribution in [1.29, 1.82) is 0 Å². The van der Waals surface area contributed by atoms with Gasteiger partial charge in [0.15, 0.2) is 0 Å². The van der Waals surface area contributed by atoms with Gasteiger partial charge in [-0.3, -0.25) is 0 Å². The molecule has 0 amide bonds. The maximum Gasteiger partial charge on any atom is 0.114 e. The van der Waals surface area contributed by atoms with Gasteiger partial charge in [-0.05, 0) is 258 Å². The van der Waals surface area contributed by atoms with Crippen molar-refractivity contribution < 1.29 is 40.5 Å². The number of aliphatic hydroxyl groups excluding tert-OH is 6. The lowest BCUT2D eigenvalue weighted by atomic mass is 9.60. The van der Waals surface area contributed by atoms with Gasteiger partial charge in [0.2, 0.25) is 0 Å². The Balaban J connectivity index is 0.000000197. The van der Waals surface area contributed by atoms with Crippen LogP contribution >= 0.6 is 0 Å². The van der Waals surface area contributed by atoms with Gasteiger partial charge in [0.1, 0.15) is 12.2 Å². The largest absolute Gasteiger partial charge is 0.396 e. The van der Waals surface area contributed by atoms with E-state index in [0.717, 1.165) is 103 Å². The fraction of sp³-hybridized carbons (Fsp3) is 0.786. The van der Waals surface area contributed by atoms with Crippen LogP contribution in [0.15, 0.2) is 106 Å². The van der Waals surface area contributed by atoms with Gasteiger partial charge >= 0.3 is 0 Å². The summed E-state index contributed by atoms with van der Waals surface area (Å²) in [4.78, 5) is 0. The van der Waals surface area contributed by atoms with Crippen molar-refractivity contribution in [3.05, 3.63) is 106 Å². The summed E-state index contributed by atoms with van der Waals surface area (Å²) in [7, 11) is 0. The number of ether oxygens (including phenoxy) is 1. The molecule has 9 saturated carbocycles. The Morgan fingerprint density at radius 3 is 1.37 bits per heavy atom. The fourth-order valence-corrected chi connectivity index (χ4v) is 20.6. The number of fused-ring (bicyclic) bond motifs is 3. The highest BCUT2D eigenvalue weighted by Crippen LogP contribution is 2.63. The maximum absolute atomic E-state index is 10.7. The molecule has 18 atom stereocenters. The highest BCUT2D eigenvalue weighted by atomic mass is 16.5. The second kappa shape index (κ2) is 34.7. The average molecular weight is 1280 g/mol. The Kier molecular flexibility index (Phi) is 28.9. The van der Waals surface area contributed by atoms with Crippen LogP contribution in [0.25, 0.3) is 0 Å². The molecule has 7 N–H and O–H groups in total. The minimum absolute atomic E-state index is 0.0269. The zero-order valence-corrected chi connectivity index (χ0v) is 60.8. The first-order valence-corrected chi connectivity index (χ1v) is 38.1. The minimum atomic E-state index is -0.931. The summed E-state index contributed by atoms with van der Waals surface area (Å²) < 4.78 is 5.63. The Morgan fingerprint density at radius 2 is 0.935 bits per heavy atom. The first-order chi connectivity index (χ1) is 43.5. The third kappa shape index (κ3) is 19.8. The predicted octanol–water partition coefficient (Wildman–Crippen LogP) is 19.3. The molecular formula is C84H138O8. The zero-order chi connectivity index (χ0) is 67.3. The summed E-state index contributed by atoms with van der Waals surface area (Å²) in [6.45, 7) is 41.1. The number of hydrogen-bond acceptors (Lipinski definition) is 8. The monoisotopic (exact) mass is 1280 g/mol. The SMILES string of the molecule is C=C1/C(=C\C=C2/CCC[C@@]3(C)C2CC[C@@H]3[C@H](C)CCCC(C)(C)O)C[C@@H](O)[C@@H](OCCCO)[C@@H]1O.C=C1/C(=C\C=C2/CCC[C@@]3(C)C2CC[C@@H]3[C@H](C)CCCC(C)C)C[C@@H](O)C[C@@H]1O.C=C1CC[C@H](O)C/C1=C/C=C1\CCC[C@@]2(C)C1CC[C@@H]2[C@H](C)CCCC(C)C. The Labute approximate surface area is 562 Å². The highest BCUT2D eigenvalue weighted by Gasteiger charge is 2.53. The van der Waals surface area contributed by atoms with Crippen molar-refractivity contribution in [3.63, 3.8) is 0 Å². The molecule has 8 heteroatoms. The fourth-order valence-electron chi connectivity index (χ4n) is 20.6. The molecule has 0 aromatic carbocycles. The van der Waals surface area contributed by atoms with Crippen LogP contribution in [0.5, 0.6) is 0 Å². The molecule has 0 radical (unpaired) electrons. The van der Waals surface area contributed by atoms with Crippen LogP contribution < -0.4 is 0 Å². The Bertz CT molecular complexity index is 2590. The lowest BCUT2D eigenvalue weighted by Crippen LogP contribution is -2.45. The van der Waals surface area contributed by atoms with Crippen LogP contribution in [0, 0.1) is 81.3 Å². The van der Waals surface area contributed by atoms with Crippen molar-refractivity contribution in [1.82, 2.24) is 0 Å². The van der Waals surface area contributed by atoms with Crippen LogP contribution in [0.1, 0.15) is 282 Å². The van der Waals surface area contributed by atoms with Gasteiger partial charge in [0.25, 0.3) is 0 Å². The van der Waals surface area contributed by atoms with Crippen molar-refractivity contribution in [2.24, 2.45) is 81.3 Å². The lowest BCUT2D eigenvalue weighted by Gasteiger charge is -2.44. The van der Waals surface area contributed by atoms with Crippen LogP contribution in [-0.4, -0.2) is 91.2 Å². The molecule has 9 fully saturated rings. The normalized spacial score (nSPS) is 38.0. The Morgan fingerprint density at radius 1 is 0.511 bits per heavy atom. The molecule has 0 bridgehead atoms. The van der Waals surface area contributed by atoms with Gasteiger partial charge < -0.3 is 40.5 Å². The van der Waals surface area contributed by atoms with E-state index in [0.29, 0.717) is 71.9 Å². The van der Waals surface area contributed by atoms with E-state index in [2.05, 4.69) is 125 Å². The zero-order valence-electron chi connectivity index (χ0n) is 60.8. The van der Waals surface area contributed by atoms with Crippen LogP contribution in [0.4, 0.5) is 0 Å². The molecule has 8 nitrogen and oxygen atoms in total. The summed E-state index contributed by atoms with van der Waals surface area (Å²) >= 11 is 0. The van der Waals surface area contributed by atoms with E-state index in [1.165, 1.54) is 152 Å². The summed E-state index contributed by atoms with van der Waals surface area (Å²) in [6.07, 6.45) is 45.5. The molecule has 0 spiro atoms. The second-order valence-electron chi connectivity index (χ2n) is 34.2. The van der Waals surface area contributed by atoms with Crippen molar-refractivity contribution >= 4 is 0 Å². The predicted molar refractivity (Wildman–Crippen MR) is 385 cm³/mol. The number of rotatable bonds is 22. The third-order valence-corrected chi connectivity index (χ3v) is 26.0. The van der Waals surface area contributed by atoms with Crippen LogP contribution in [-0.2, 0) is 4.74 Å². The molecule has 92 heavy (non-hydrogen) atoms. The third-order valence-electron chi connectivity index (χ3n) is 26.0. The molecule has 0 aliphatic heterocycles. The van der Waals surface area contributed by atoms with Crippen LogP contribution in [0.3, 0.4) is 0 Å². The van der Waals surface area contributed by atoms with E-state index in [-0.39, 0.29) is 12.7 Å². The summed E-state index contributed by atoms with van der Waals surface area (Å²) in [5.74, 6) is 8.54. The highest BCUT2D eigenvalue weighted by molar-refractivity contribution is 5.41. The Hall–Kier alpha value is -2.66. The second-order valence-corrected chi connectivity index (χ2v) is 34.2. The summed E-state index contributed by atoms with van der Waals surface area (Å²) in [5, 5.41) is 70.5. The molecule has 9 aliphatic carbocycles. The van der Waals surface area contributed by atoms with Crippen molar-refractivity contribution in [3.8, 4) is 0 Å². The maximum atomic E-state index is 10.7. The quantitative estimate of drug-likeness (QED) is 0.0530. The molecule has 9 aliphatic rings. The van der Waals surface area contributed by atoms with Crippen molar-refractivity contribution in [2.75, 3.05) is 13.2 Å². The number of allylic oxidation sites excluding steroid dienone is 10. The molecule has 0 heterocycles. The molecule has 9 rings (SSSR count). The average Bonchev–Trinajstić information content (AvgIpc) is 1.60. The van der Waals surface area contributed by atoms with E-state index >= 15 is 0 Å². The van der Waals surface area contributed by atoms with Crippen LogP contribution in [0.2, 0.25) is 0 Å². The number of aliphatic hydroxyl groups is 7. The van der Waals surface area contributed by atoms with E-state index in [1.807, 2.05) is 13.8 Å². The lowest BCUT2D eigenvalue weighted by molar-refractivity contribution is -0.0968. The first kappa shape index (κ1) is 76.7. The molecule has 0 aromatic heterocycles. The summed E-state index contributed by atoms with van der Waals surface area (Å²) in [6, 6.07) is 0. The first-order valence-electron chi connectivity index (χ1n) is 38.1. The minimum Gasteiger partial charge on any atom is -0.396 e. The van der Waals surface area contributed by atoms with E-state index in [9.17, 15) is 30.6 Å². The molecule has 0 saturated heterocycles.